The summed E-state index contributed by atoms with van der Waals surface area (Å²) in [5.74, 6) is -0.541. The van der Waals surface area contributed by atoms with Crippen molar-refractivity contribution in [1.29, 1.82) is 0 Å². The minimum atomic E-state index is -0.375. The number of carbonyl (C=O) groups excluding carboxylic acids is 1. The van der Waals surface area contributed by atoms with Crippen molar-refractivity contribution in [2.24, 2.45) is 0 Å². The van der Waals surface area contributed by atoms with Crippen molar-refractivity contribution >= 4 is 11.6 Å². The first-order chi connectivity index (χ1) is 8.11. The van der Waals surface area contributed by atoms with Crippen LogP contribution in [0.5, 0.6) is 0 Å². The van der Waals surface area contributed by atoms with Crippen LogP contribution in [-0.4, -0.2) is 42.7 Å². The quantitative estimate of drug-likeness (QED) is 0.782. The highest BCUT2D eigenvalue weighted by Crippen LogP contribution is 2.09. The molecule has 0 aliphatic rings. The number of nitrogens with one attached hydrogen (secondary N) is 1. The van der Waals surface area contributed by atoms with E-state index in [1.165, 1.54) is 12.1 Å². The minimum absolute atomic E-state index is 0.0714. The van der Waals surface area contributed by atoms with E-state index in [-0.39, 0.29) is 18.3 Å². The molecule has 0 unspecified atom stereocenters. The number of benzene rings is 1. The first kappa shape index (κ1) is 13.6. The number of nitrogens with zero attached hydrogens (tertiary/aromatic N) is 1. The van der Waals surface area contributed by atoms with Gasteiger partial charge in [-0.2, -0.15) is 0 Å². The van der Waals surface area contributed by atoms with Crippen molar-refractivity contribution < 1.29 is 14.3 Å². The molecule has 17 heavy (non-hydrogen) atoms. The van der Waals surface area contributed by atoms with Crippen molar-refractivity contribution in [2.45, 2.75) is 6.42 Å². The van der Waals surface area contributed by atoms with E-state index in [2.05, 4.69) is 5.32 Å². The van der Waals surface area contributed by atoms with E-state index in [4.69, 9.17) is 5.11 Å². The molecule has 0 radical (unpaired) electrons. The lowest BCUT2D eigenvalue weighted by atomic mass is 10.3. The van der Waals surface area contributed by atoms with Crippen LogP contribution >= 0.6 is 0 Å². The highest BCUT2D eigenvalue weighted by atomic mass is 19.1. The van der Waals surface area contributed by atoms with E-state index in [0.29, 0.717) is 25.2 Å². The summed E-state index contributed by atoms with van der Waals surface area (Å²) in [5, 5.41) is 11.3. The SMILES string of the molecule is CN(CCO)CCC(=O)Nc1cccc(F)c1. The Morgan fingerprint density at radius 3 is 2.88 bits per heavy atom. The number of rotatable bonds is 6. The summed E-state index contributed by atoms with van der Waals surface area (Å²) in [7, 11) is 1.83. The van der Waals surface area contributed by atoms with Crippen molar-refractivity contribution in [1.82, 2.24) is 4.90 Å². The maximum Gasteiger partial charge on any atom is 0.225 e. The van der Waals surface area contributed by atoms with E-state index >= 15 is 0 Å². The Balaban J connectivity index is 2.34. The number of aliphatic hydroxyl groups excluding tert-OH is 1. The average molecular weight is 240 g/mol. The predicted octanol–water partition coefficient (Wildman–Crippen LogP) is 1.08. The van der Waals surface area contributed by atoms with Crippen molar-refractivity contribution in [3.63, 3.8) is 0 Å². The average Bonchev–Trinajstić information content (AvgIpc) is 2.27. The molecule has 1 aromatic rings. The molecular formula is C12H17FN2O2. The van der Waals surface area contributed by atoms with Crippen molar-refractivity contribution in [2.75, 3.05) is 32.1 Å². The van der Waals surface area contributed by atoms with E-state index < -0.39 is 0 Å². The number of carbonyl (C=O) groups is 1. The number of likely N-dealkylation sites (N-methyl/N-ethyl adjacent to an activating group) is 1. The maximum absolute atomic E-state index is 12.8. The summed E-state index contributed by atoms with van der Waals surface area (Å²) >= 11 is 0. The fraction of sp³-hybridized carbons (Fsp3) is 0.417. The monoisotopic (exact) mass is 240 g/mol. The van der Waals surface area contributed by atoms with Crippen molar-refractivity contribution in [3.05, 3.63) is 30.1 Å². The Hall–Kier alpha value is -1.46. The van der Waals surface area contributed by atoms with Crippen LogP contribution in [-0.2, 0) is 4.79 Å². The normalized spacial score (nSPS) is 10.6. The van der Waals surface area contributed by atoms with Gasteiger partial charge in [-0.15, -0.1) is 0 Å². The molecule has 0 aliphatic heterocycles. The molecule has 0 heterocycles. The Kier molecular flexibility index (Phi) is 5.59. The third-order valence-corrected chi connectivity index (χ3v) is 2.31. The van der Waals surface area contributed by atoms with Gasteiger partial charge in [-0.25, -0.2) is 4.39 Å². The van der Waals surface area contributed by atoms with Crippen molar-refractivity contribution in [3.8, 4) is 0 Å². The zero-order valence-corrected chi connectivity index (χ0v) is 9.82. The molecular weight excluding hydrogens is 223 g/mol. The highest BCUT2D eigenvalue weighted by Gasteiger charge is 2.05. The lowest BCUT2D eigenvalue weighted by molar-refractivity contribution is -0.116. The van der Waals surface area contributed by atoms with Gasteiger partial charge in [-0.1, -0.05) is 6.07 Å². The van der Waals surface area contributed by atoms with Gasteiger partial charge in [0.15, 0.2) is 0 Å². The van der Waals surface area contributed by atoms with Crippen LogP contribution in [0.3, 0.4) is 0 Å². The number of anilines is 1. The summed E-state index contributed by atoms with van der Waals surface area (Å²) in [6.45, 7) is 1.16. The highest BCUT2D eigenvalue weighted by molar-refractivity contribution is 5.90. The third kappa shape index (κ3) is 5.42. The van der Waals surface area contributed by atoms with Crippen LogP contribution in [0.15, 0.2) is 24.3 Å². The van der Waals surface area contributed by atoms with Gasteiger partial charge >= 0.3 is 0 Å². The lowest BCUT2D eigenvalue weighted by Crippen LogP contribution is -2.26. The summed E-state index contributed by atoms with van der Waals surface area (Å²) in [5.41, 5.74) is 0.458. The van der Waals surface area contributed by atoms with Gasteiger partial charge in [0.05, 0.1) is 6.61 Å². The molecule has 1 rings (SSSR count). The summed E-state index contributed by atoms with van der Waals surface area (Å²) < 4.78 is 12.8. The molecule has 0 aromatic heterocycles. The van der Waals surface area contributed by atoms with Crippen LogP contribution in [0.2, 0.25) is 0 Å². The predicted molar refractivity (Wildman–Crippen MR) is 64.2 cm³/mol. The third-order valence-electron chi connectivity index (χ3n) is 2.31. The van der Waals surface area contributed by atoms with Gasteiger partial charge in [-0.3, -0.25) is 4.79 Å². The van der Waals surface area contributed by atoms with Crippen LogP contribution < -0.4 is 5.32 Å². The van der Waals surface area contributed by atoms with Gasteiger partial charge < -0.3 is 15.3 Å². The molecule has 0 bridgehead atoms. The molecule has 4 nitrogen and oxygen atoms in total. The number of hydrogen-bond donors (Lipinski definition) is 2. The second kappa shape index (κ2) is 6.98. The fourth-order valence-corrected chi connectivity index (χ4v) is 1.36. The molecule has 0 fully saturated rings. The number of halogens is 1. The number of aliphatic hydroxyl groups is 1. The molecule has 0 atom stereocenters. The fourth-order valence-electron chi connectivity index (χ4n) is 1.36. The van der Waals surface area contributed by atoms with Gasteiger partial charge in [0, 0.05) is 25.2 Å². The zero-order valence-electron chi connectivity index (χ0n) is 9.82. The van der Waals surface area contributed by atoms with E-state index in [0.717, 1.165) is 0 Å². The molecule has 1 aromatic carbocycles. The summed E-state index contributed by atoms with van der Waals surface area (Å²) in [4.78, 5) is 13.4. The number of hydrogen-bond acceptors (Lipinski definition) is 3. The van der Waals surface area contributed by atoms with Gasteiger partial charge in [0.2, 0.25) is 5.91 Å². The Bertz CT molecular complexity index is 371. The Labute approximate surface area is 100 Å². The van der Waals surface area contributed by atoms with E-state index in [9.17, 15) is 9.18 Å². The van der Waals surface area contributed by atoms with Crippen LogP contribution in [0, 0.1) is 5.82 Å². The maximum atomic E-state index is 12.8. The standard InChI is InChI=1S/C12H17FN2O2/c1-15(7-8-16)6-5-12(17)14-11-4-2-3-10(13)9-11/h2-4,9,16H,5-8H2,1H3,(H,14,17). The molecule has 5 heteroatoms. The Morgan fingerprint density at radius 1 is 1.47 bits per heavy atom. The molecule has 0 spiro atoms. The molecule has 1 amide bonds. The van der Waals surface area contributed by atoms with Crippen LogP contribution in [0.1, 0.15) is 6.42 Å². The lowest BCUT2D eigenvalue weighted by Gasteiger charge is -2.14. The van der Waals surface area contributed by atoms with Gasteiger partial charge in [0.1, 0.15) is 5.82 Å². The second-order valence-electron chi connectivity index (χ2n) is 3.84. The Morgan fingerprint density at radius 2 is 2.24 bits per heavy atom. The van der Waals surface area contributed by atoms with E-state index in [1.54, 1.807) is 12.1 Å². The minimum Gasteiger partial charge on any atom is -0.395 e. The molecule has 0 saturated heterocycles. The second-order valence-corrected chi connectivity index (χ2v) is 3.84. The summed E-state index contributed by atoms with van der Waals surface area (Å²) in [6.07, 6.45) is 0.313. The molecule has 94 valence electrons. The molecule has 0 aliphatic carbocycles. The first-order valence-electron chi connectivity index (χ1n) is 5.46. The van der Waals surface area contributed by atoms with Gasteiger partial charge in [-0.05, 0) is 25.2 Å². The molecule has 0 saturated carbocycles. The van der Waals surface area contributed by atoms with Crippen LogP contribution in [0.4, 0.5) is 10.1 Å². The van der Waals surface area contributed by atoms with Gasteiger partial charge in [0.25, 0.3) is 0 Å². The topological polar surface area (TPSA) is 52.6 Å². The largest absolute Gasteiger partial charge is 0.395 e. The van der Waals surface area contributed by atoms with E-state index in [1.807, 2.05) is 11.9 Å². The first-order valence-corrected chi connectivity index (χ1v) is 5.46. The zero-order chi connectivity index (χ0) is 12.7. The molecule has 2 N–H and O–H groups in total. The summed E-state index contributed by atoms with van der Waals surface area (Å²) in [6, 6.07) is 5.78. The van der Waals surface area contributed by atoms with Crippen LogP contribution in [0.25, 0.3) is 0 Å². The smallest absolute Gasteiger partial charge is 0.225 e. The number of amides is 1.